The van der Waals surface area contributed by atoms with Gasteiger partial charge in [0.15, 0.2) is 0 Å². The van der Waals surface area contributed by atoms with Crippen molar-refractivity contribution in [1.29, 1.82) is 0 Å². The fraction of sp³-hybridized carbons (Fsp3) is 0.200. The zero-order chi connectivity index (χ0) is 14.0. The van der Waals surface area contributed by atoms with Crippen LogP contribution in [0.5, 0.6) is 0 Å². The Balaban J connectivity index is 2.22. The van der Waals surface area contributed by atoms with Gasteiger partial charge >= 0.3 is 0 Å². The highest BCUT2D eigenvalue weighted by Gasteiger charge is 2.12. The molecule has 0 aromatic heterocycles. The van der Waals surface area contributed by atoms with E-state index in [1.165, 1.54) is 18.2 Å². The zero-order valence-electron chi connectivity index (χ0n) is 10.5. The van der Waals surface area contributed by atoms with Crippen molar-refractivity contribution in [3.05, 3.63) is 69.7 Å². The largest absolute Gasteiger partial charge is 0.324 e. The van der Waals surface area contributed by atoms with Crippen LogP contribution >= 0.6 is 11.6 Å². The van der Waals surface area contributed by atoms with Gasteiger partial charge in [-0.1, -0.05) is 23.7 Å². The number of benzene rings is 2. The Hall–Kier alpha value is -1.45. The Labute approximate surface area is 116 Å². The molecular formula is C15H14ClF2N. The molecule has 2 N–H and O–H groups in total. The van der Waals surface area contributed by atoms with Gasteiger partial charge in [0.1, 0.15) is 11.6 Å². The maximum Gasteiger partial charge on any atom is 0.126 e. The van der Waals surface area contributed by atoms with Crippen LogP contribution in [0, 0.1) is 18.6 Å². The number of hydrogen-bond acceptors (Lipinski definition) is 1. The predicted molar refractivity (Wildman–Crippen MR) is 73.2 cm³/mol. The summed E-state index contributed by atoms with van der Waals surface area (Å²) in [6.45, 7) is 1.68. The summed E-state index contributed by atoms with van der Waals surface area (Å²) in [4.78, 5) is 0. The van der Waals surface area contributed by atoms with Crippen molar-refractivity contribution >= 4 is 11.6 Å². The molecule has 0 saturated heterocycles. The van der Waals surface area contributed by atoms with E-state index in [4.69, 9.17) is 17.3 Å². The summed E-state index contributed by atoms with van der Waals surface area (Å²) in [6, 6.07) is 8.68. The Bertz CT molecular complexity index is 599. The van der Waals surface area contributed by atoms with Crippen molar-refractivity contribution in [3.8, 4) is 0 Å². The van der Waals surface area contributed by atoms with E-state index in [-0.39, 0.29) is 18.1 Å². The summed E-state index contributed by atoms with van der Waals surface area (Å²) in [5.74, 6) is -0.660. The normalized spacial score (nSPS) is 12.5. The highest BCUT2D eigenvalue weighted by Crippen LogP contribution is 2.22. The van der Waals surface area contributed by atoms with E-state index in [1.807, 2.05) is 0 Å². The van der Waals surface area contributed by atoms with Gasteiger partial charge in [0, 0.05) is 11.1 Å². The Morgan fingerprint density at radius 1 is 1.11 bits per heavy atom. The summed E-state index contributed by atoms with van der Waals surface area (Å²) >= 11 is 5.82. The average molecular weight is 282 g/mol. The summed E-state index contributed by atoms with van der Waals surface area (Å²) in [5.41, 5.74) is 7.62. The first-order valence-corrected chi connectivity index (χ1v) is 6.30. The van der Waals surface area contributed by atoms with Crippen molar-refractivity contribution in [1.82, 2.24) is 0 Å². The van der Waals surface area contributed by atoms with Crippen LogP contribution in [0.3, 0.4) is 0 Å². The van der Waals surface area contributed by atoms with Gasteiger partial charge in [0.25, 0.3) is 0 Å². The molecular weight excluding hydrogens is 268 g/mol. The molecule has 0 fully saturated rings. The predicted octanol–water partition coefficient (Wildman–Crippen LogP) is 4.17. The van der Waals surface area contributed by atoms with Crippen LogP contribution in [0.1, 0.15) is 22.7 Å². The summed E-state index contributed by atoms with van der Waals surface area (Å²) in [6.07, 6.45) is 0.273. The summed E-state index contributed by atoms with van der Waals surface area (Å²) in [5, 5.41) is 0.457. The minimum Gasteiger partial charge on any atom is -0.324 e. The van der Waals surface area contributed by atoms with E-state index in [1.54, 1.807) is 25.1 Å². The molecule has 0 amide bonds. The molecule has 100 valence electrons. The molecule has 0 bridgehead atoms. The fourth-order valence-electron chi connectivity index (χ4n) is 1.89. The van der Waals surface area contributed by atoms with Crippen LogP contribution in [0.2, 0.25) is 5.02 Å². The third-order valence-electron chi connectivity index (χ3n) is 3.07. The van der Waals surface area contributed by atoms with Crippen molar-refractivity contribution in [2.75, 3.05) is 0 Å². The molecule has 0 aliphatic rings. The highest BCUT2D eigenvalue weighted by molar-refractivity contribution is 6.30. The van der Waals surface area contributed by atoms with Crippen LogP contribution in [-0.4, -0.2) is 0 Å². The molecule has 0 heterocycles. The second-order valence-corrected chi connectivity index (χ2v) is 4.99. The monoisotopic (exact) mass is 281 g/mol. The van der Waals surface area contributed by atoms with Crippen molar-refractivity contribution in [3.63, 3.8) is 0 Å². The van der Waals surface area contributed by atoms with Crippen LogP contribution in [0.4, 0.5) is 8.78 Å². The molecule has 1 atom stereocenters. The van der Waals surface area contributed by atoms with E-state index < -0.39 is 6.04 Å². The average Bonchev–Trinajstić information content (AvgIpc) is 2.37. The highest BCUT2D eigenvalue weighted by atomic mass is 35.5. The minimum absolute atomic E-state index is 0.273. The molecule has 19 heavy (non-hydrogen) atoms. The van der Waals surface area contributed by atoms with E-state index >= 15 is 0 Å². The van der Waals surface area contributed by atoms with Gasteiger partial charge in [-0.3, -0.25) is 0 Å². The van der Waals surface area contributed by atoms with Crippen LogP contribution in [0.15, 0.2) is 36.4 Å². The fourth-order valence-corrected chi connectivity index (χ4v) is 2.09. The summed E-state index contributed by atoms with van der Waals surface area (Å²) in [7, 11) is 0. The third kappa shape index (κ3) is 3.31. The molecule has 2 aromatic rings. The van der Waals surface area contributed by atoms with Gasteiger partial charge in [-0.2, -0.15) is 0 Å². The second-order valence-electron chi connectivity index (χ2n) is 4.55. The lowest BCUT2D eigenvalue weighted by atomic mass is 9.98. The molecule has 0 radical (unpaired) electrons. The number of hydrogen-bond donors (Lipinski definition) is 1. The topological polar surface area (TPSA) is 26.0 Å². The zero-order valence-corrected chi connectivity index (χ0v) is 11.2. The number of halogens is 3. The molecule has 0 aliphatic carbocycles. The van der Waals surface area contributed by atoms with E-state index in [0.29, 0.717) is 21.7 Å². The Morgan fingerprint density at radius 2 is 1.84 bits per heavy atom. The van der Waals surface area contributed by atoms with Gasteiger partial charge < -0.3 is 5.73 Å². The second kappa shape index (κ2) is 5.68. The maximum absolute atomic E-state index is 13.6. The molecule has 0 spiro atoms. The van der Waals surface area contributed by atoms with Crippen LogP contribution in [0.25, 0.3) is 0 Å². The molecule has 4 heteroatoms. The van der Waals surface area contributed by atoms with Crippen molar-refractivity contribution in [2.24, 2.45) is 5.73 Å². The number of nitrogens with two attached hydrogens (primary N) is 1. The van der Waals surface area contributed by atoms with Crippen LogP contribution in [-0.2, 0) is 6.42 Å². The standard InChI is InChI=1S/C15H14ClF2N/c1-9-2-3-10(7-14(9)18)15(19)8-11-6-12(16)4-5-13(11)17/h2-7,15H,8,19H2,1H3. The molecule has 1 nitrogen and oxygen atoms in total. The first kappa shape index (κ1) is 14.0. The first-order valence-electron chi connectivity index (χ1n) is 5.93. The van der Waals surface area contributed by atoms with Crippen molar-refractivity contribution < 1.29 is 8.78 Å². The molecule has 0 aliphatic heterocycles. The van der Waals surface area contributed by atoms with Gasteiger partial charge in [0.05, 0.1) is 0 Å². The number of aryl methyl sites for hydroxylation is 1. The lowest BCUT2D eigenvalue weighted by Gasteiger charge is -2.13. The molecule has 2 aromatic carbocycles. The Morgan fingerprint density at radius 3 is 2.53 bits per heavy atom. The van der Waals surface area contributed by atoms with Crippen LogP contribution < -0.4 is 5.73 Å². The lowest BCUT2D eigenvalue weighted by Crippen LogP contribution is -2.14. The number of rotatable bonds is 3. The van der Waals surface area contributed by atoms with E-state index in [9.17, 15) is 8.78 Å². The maximum atomic E-state index is 13.6. The third-order valence-corrected chi connectivity index (χ3v) is 3.31. The van der Waals surface area contributed by atoms with Gasteiger partial charge in [-0.05, 0) is 54.3 Å². The van der Waals surface area contributed by atoms with Gasteiger partial charge in [-0.15, -0.1) is 0 Å². The van der Waals surface area contributed by atoms with E-state index in [2.05, 4.69) is 0 Å². The smallest absolute Gasteiger partial charge is 0.126 e. The first-order chi connectivity index (χ1) is 8.97. The minimum atomic E-state index is -0.469. The molecule has 1 unspecified atom stereocenters. The lowest BCUT2D eigenvalue weighted by molar-refractivity contribution is 0.588. The Kier molecular flexibility index (Phi) is 4.17. The summed E-state index contributed by atoms with van der Waals surface area (Å²) < 4.78 is 27.1. The van der Waals surface area contributed by atoms with Crippen molar-refractivity contribution in [2.45, 2.75) is 19.4 Å². The quantitative estimate of drug-likeness (QED) is 0.898. The van der Waals surface area contributed by atoms with Gasteiger partial charge in [-0.25, -0.2) is 8.78 Å². The van der Waals surface area contributed by atoms with Gasteiger partial charge in [0.2, 0.25) is 0 Å². The van der Waals surface area contributed by atoms with E-state index in [0.717, 1.165) is 0 Å². The molecule has 0 saturated carbocycles. The SMILES string of the molecule is Cc1ccc(C(N)Cc2cc(Cl)ccc2F)cc1F. The molecule has 2 rings (SSSR count).